The number of β-amino-alcohol motifs (C(OH)–C–C–N with tert-alkyl or cyclic N) is 1. The Bertz CT molecular complexity index is 638. The molecule has 1 spiro atoms. The summed E-state index contributed by atoms with van der Waals surface area (Å²) in [6, 6.07) is 0.521. The van der Waals surface area contributed by atoms with Crippen molar-refractivity contribution < 1.29 is 14.6 Å². The van der Waals surface area contributed by atoms with Gasteiger partial charge in [-0.1, -0.05) is 0 Å². The van der Waals surface area contributed by atoms with E-state index in [1.807, 2.05) is 4.90 Å². The Balaban J connectivity index is 1.39. The second-order valence-corrected chi connectivity index (χ2v) is 8.88. The number of rotatable bonds is 2. The van der Waals surface area contributed by atoms with Gasteiger partial charge in [-0.05, 0) is 37.5 Å². The maximum atomic E-state index is 12.6. The molecule has 3 N–H and O–H groups in total. The van der Waals surface area contributed by atoms with Crippen LogP contribution in [-0.2, 0) is 4.74 Å². The van der Waals surface area contributed by atoms with Crippen molar-refractivity contribution in [1.82, 2.24) is 14.8 Å². The molecule has 1 aromatic heterocycles. The zero-order valence-corrected chi connectivity index (χ0v) is 15.9. The van der Waals surface area contributed by atoms with Crippen LogP contribution in [0.4, 0.5) is 5.13 Å². The number of aliphatic hydroxyl groups excluding tert-OH is 1. The number of ether oxygens (including phenoxy) is 1. The van der Waals surface area contributed by atoms with Crippen molar-refractivity contribution in [3.8, 4) is 0 Å². The van der Waals surface area contributed by atoms with E-state index in [4.69, 9.17) is 10.5 Å². The van der Waals surface area contributed by atoms with Gasteiger partial charge in [0.15, 0.2) is 5.13 Å². The molecule has 4 rings (SSSR count). The fourth-order valence-corrected chi connectivity index (χ4v) is 5.35. The molecule has 7 nitrogen and oxygen atoms in total. The molecule has 8 heteroatoms. The maximum Gasteiger partial charge on any atom is 0.273 e. The van der Waals surface area contributed by atoms with E-state index < -0.39 is 0 Å². The summed E-state index contributed by atoms with van der Waals surface area (Å²) in [6.07, 6.45) is 4.56. The average molecular weight is 381 g/mol. The molecule has 0 aromatic carbocycles. The van der Waals surface area contributed by atoms with Crippen LogP contribution in [0.2, 0.25) is 0 Å². The Morgan fingerprint density at radius 2 is 2.08 bits per heavy atom. The summed E-state index contributed by atoms with van der Waals surface area (Å²) < 4.78 is 5.49. The third-order valence-corrected chi connectivity index (χ3v) is 6.89. The highest BCUT2D eigenvalue weighted by molar-refractivity contribution is 7.13. The van der Waals surface area contributed by atoms with Crippen LogP contribution in [0.1, 0.15) is 42.6 Å². The quantitative estimate of drug-likeness (QED) is 0.801. The zero-order valence-electron chi connectivity index (χ0n) is 15.1. The van der Waals surface area contributed by atoms with E-state index >= 15 is 0 Å². The number of anilines is 1. The van der Waals surface area contributed by atoms with Gasteiger partial charge in [-0.15, -0.1) is 11.3 Å². The first-order valence-corrected chi connectivity index (χ1v) is 10.4. The highest BCUT2D eigenvalue weighted by Crippen LogP contribution is 2.41. The Hall–Kier alpha value is -1.22. The summed E-state index contributed by atoms with van der Waals surface area (Å²) >= 11 is 1.30. The van der Waals surface area contributed by atoms with Crippen molar-refractivity contribution in [2.75, 3.05) is 45.1 Å². The topological polar surface area (TPSA) is 91.9 Å². The minimum absolute atomic E-state index is 0.0227. The van der Waals surface area contributed by atoms with Crippen LogP contribution in [0.5, 0.6) is 0 Å². The summed E-state index contributed by atoms with van der Waals surface area (Å²) in [4.78, 5) is 21.1. The Kier molecular flexibility index (Phi) is 5.18. The summed E-state index contributed by atoms with van der Waals surface area (Å²) in [7, 11) is 0. The largest absolute Gasteiger partial charge is 0.392 e. The van der Waals surface area contributed by atoms with Crippen molar-refractivity contribution in [3.63, 3.8) is 0 Å². The number of nitrogens with zero attached hydrogens (tertiary/aromatic N) is 3. The van der Waals surface area contributed by atoms with Crippen LogP contribution in [0, 0.1) is 5.41 Å². The molecular weight excluding hydrogens is 352 g/mol. The summed E-state index contributed by atoms with van der Waals surface area (Å²) in [6.45, 7) is 4.90. The number of hydrogen-bond acceptors (Lipinski definition) is 7. The highest BCUT2D eigenvalue weighted by atomic mass is 32.1. The minimum atomic E-state index is -0.271. The van der Waals surface area contributed by atoms with Crippen LogP contribution in [0.15, 0.2) is 5.38 Å². The number of nitrogens with two attached hydrogens (primary N) is 1. The summed E-state index contributed by atoms with van der Waals surface area (Å²) in [5.74, 6) is -0.0227. The van der Waals surface area contributed by atoms with Crippen LogP contribution in [0.25, 0.3) is 0 Å². The van der Waals surface area contributed by atoms with Gasteiger partial charge in [0.1, 0.15) is 5.69 Å². The number of hydrogen-bond donors (Lipinski definition) is 2. The first-order chi connectivity index (χ1) is 12.5. The van der Waals surface area contributed by atoms with E-state index in [1.54, 1.807) is 5.38 Å². The lowest BCUT2D eigenvalue weighted by atomic mass is 9.71. The monoisotopic (exact) mass is 380 g/mol. The molecule has 0 bridgehead atoms. The molecule has 1 aromatic rings. The first kappa shape index (κ1) is 18.2. The molecule has 1 atom stereocenters. The van der Waals surface area contributed by atoms with E-state index in [2.05, 4.69) is 9.88 Å². The molecule has 1 unspecified atom stereocenters. The number of aliphatic hydroxyl groups is 1. The van der Waals surface area contributed by atoms with Gasteiger partial charge in [-0.2, -0.15) is 0 Å². The van der Waals surface area contributed by atoms with Gasteiger partial charge < -0.3 is 20.5 Å². The zero-order chi connectivity index (χ0) is 18.1. The van der Waals surface area contributed by atoms with Crippen molar-refractivity contribution in [3.05, 3.63) is 11.1 Å². The van der Waals surface area contributed by atoms with Crippen LogP contribution >= 0.6 is 11.3 Å². The van der Waals surface area contributed by atoms with Crippen LogP contribution in [-0.4, -0.2) is 77.3 Å². The minimum Gasteiger partial charge on any atom is -0.392 e. The molecular formula is C18H28N4O3S. The maximum absolute atomic E-state index is 12.6. The predicted octanol–water partition coefficient (Wildman–Crippen LogP) is 1.19. The number of thiazole rings is 1. The molecule has 144 valence electrons. The standard InChI is InChI=1S/C18H28N4O3S/c19-17-20-15(11-26-17)16(24)21-5-3-18(4-6-21)9-14(23)10-22(12-18)13-1-7-25-8-2-13/h11,13-14,23H,1-10,12H2,(H2,19,20). The highest BCUT2D eigenvalue weighted by Gasteiger charge is 2.44. The van der Waals surface area contributed by atoms with E-state index in [-0.39, 0.29) is 17.4 Å². The second-order valence-electron chi connectivity index (χ2n) is 7.99. The molecule has 3 saturated heterocycles. The SMILES string of the molecule is Nc1nc(C(=O)N2CCC3(CC2)CC(O)CN(C2CCOCC2)C3)cs1. The Morgan fingerprint density at radius 1 is 1.35 bits per heavy atom. The lowest BCUT2D eigenvalue weighted by Gasteiger charge is -2.51. The van der Waals surface area contributed by atoms with E-state index in [0.29, 0.717) is 16.9 Å². The number of nitrogen functional groups attached to an aromatic ring is 1. The molecule has 3 fully saturated rings. The van der Waals surface area contributed by atoms with Gasteiger partial charge >= 0.3 is 0 Å². The molecule has 1 amide bonds. The predicted molar refractivity (Wildman–Crippen MR) is 100 cm³/mol. The molecule has 0 radical (unpaired) electrons. The Morgan fingerprint density at radius 3 is 2.73 bits per heavy atom. The number of piperidine rings is 2. The van der Waals surface area contributed by atoms with Gasteiger partial charge in [-0.3, -0.25) is 9.69 Å². The smallest absolute Gasteiger partial charge is 0.273 e. The van der Waals surface area contributed by atoms with Gasteiger partial charge in [0, 0.05) is 50.8 Å². The number of carbonyl (C=O) groups is 1. The van der Waals surface area contributed by atoms with Crippen LogP contribution in [0.3, 0.4) is 0 Å². The van der Waals surface area contributed by atoms with Crippen molar-refractivity contribution in [1.29, 1.82) is 0 Å². The third-order valence-electron chi connectivity index (χ3n) is 6.21. The molecule has 4 heterocycles. The van der Waals surface area contributed by atoms with Crippen LogP contribution < -0.4 is 5.73 Å². The molecule has 3 aliphatic heterocycles. The number of carbonyl (C=O) groups excluding carboxylic acids is 1. The van der Waals surface area contributed by atoms with Crippen molar-refractivity contribution in [2.24, 2.45) is 5.41 Å². The van der Waals surface area contributed by atoms with Gasteiger partial charge in [0.25, 0.3) is 5.91 Å². The lowest BCUT2D eigenvalue weighted by molar-refractivity contribution is -0.0695. The van der Waals surface area contributed by atoms with Gasteiger partial charge in [0.2, 0.25) is 0 Å². The lowest BCUT2D eigenvalue weighted by Crippen LogP contribution is -2.57. The second kappa shape index (κ2) is 7.42. The van der Waals surface area contributed by atoms with E-state index in [9.17, 15) is 9.90 Å². The fraction of sp³-hybridized carbons (Fsp3) is 0.778. The first-order valence-electron chi connectivity index (χ1n) is 9.55. The van der Waals surface area contributed by atoms with E-state index in [1.165, 1.54) is 11.3 Å². The third kappa shape index (κ3) is 3.74. The molecule has 3 aliphatic rings. The summed E-state index contributed by atoms with van der Waals surface area (Å²) in [5, 5.41) is 12.7. The fourth-order valence-electron chi connectivity index (χ4n) is 4.82. The van der Waals surface area contributed by atoms with E-state index in [0.717, 1.165) is 71.5 Å². The van der Waals surface area contributed by atoms with Gasteiger partial charge in [0.05, 0.1) is 6.10 Å². The van der Waals surface area contributed by atoms with Crippen molar-refractivity contribution >= 4 is 22.4 Å². The molecule has 0 aliphatic carbocycles. The Labute approximate surface area is 158 Å². The van der Waals surface area contributed by atoms with Gasteiger partial charge in [-0.25, -0.2) is 4.98 Å². The number of amides is 1. The normalized spacial score (nSPS) is 27.7. The summed E-state index contributed by atoms with van der Waals surface area (Å²) in [5.41, 5.74) is 6.23. The number of likely N-dealkylation sites (tertiary alicyclic amines) is 2. The van der Waals surface area contributed by atoms with Crippen molar-refractivity contribution in [2.45, 2.75) is 44.2 Å². The number of aromatic nitrogens is 1. The molecule has 26 heavy (non-hydrogen) atoms. The average Bonchev–Trinajstić information content (AvgIpc) is 3.08. The molecule has 0 saturated carbocycles.